The van der Waals surface area contributed by atoms with E-state index in [-0.39, 0.29) is 5.78 Å². The number of hydrogen-bond acceptors (Lipinski definition) is 1. The van der Waals surface area contributed by atoms with Crippen molar-refractivity contribution < 1.29 is 4.79 Å². The molecule has 3 rings (SSSR count). The second kappa shape index (κ2) is 10.1. The summed E-state index contributed by atoms with van der Waals surface area (Å²) in [6.45, 7) is 6.46. The molecule has 0 aromatic heterocycles. The average Bonchev–Trinajstić information content (AvgIpc) is 2.74. The number of unbranched alkanes of at least 4 members (excludes halogenated alkanes) is 2. The molecular formula is C28H33OP. The molecule has 0 aliphatic heterocycles. The molecule has 0 spiro atoms. The molecular weight excluding hydrogens is 383 g/mol. The van der Waals surface area contributed by atoms with Gasteiger partial charge in [0.05, 0.1) is 0 Å². The van der Waals surface area contributed by atoms with Gasteiger partial charge in [-0.3, -0.25) is 4.79 Å². The Morgan fingerprint density at radius 1 is 0.700 bits per heavy atom. The molecule has 0 saturated carbocycles. The molecule has 30 heavy (non-hydrogen) atoms. The van der Waals surface area contributed by atoms with Crippen LogP contribution in [0, 0.1) is 20.8 Å². The lowest BCUT2D eigenvalue weighted by Gasteiger charge is -2.32. The summed E-state index contributed by atoms with van der Waals surface area (Å²) in [4.78, 5) is 13.4. The van der Waals surface area contributed by atoms with E-state index in [1.165, 1.54) is 32.6 Å². The van der Waals surface area contributed by atoms with Crippen LogP contribution >= 0.6 is 6.89 Å². The fourth-order valence-electron chi connectivity index (χ4n) is 4.31. The van der Waals surface area contributed by atoms with E-state index >= 15 is 0 Å². The first kappa shape index (κ1) is 22.3. The summed E-state index contributed by atoms with van der Waals surface area (Å²) < 4.78 is 0. The van der Waals surface area contributed by atoms with Crippen LogP contribution in [0.5, 0.6) is 0 Å². The molecule has 0 unspecified atom stereocenters. The third kappa shape index (κ3) is 4.52. The highest BCUT2D eigenvalue weighted by atomic mass is 31.2. The van der Waals surface area contributed by atoms with Gasteiger partial charge in [-0.05, 0) is 72.5 Å². The Kier molecular flexibility index (Phi) is 7.51. The first-order valence-electron chi connectivity index (χ1n) is 11.0. The SMILES string of the molecule is CCCCCC(=O)C=P(c1ccccc1C)(c1ccccc1C)c1ccccc1C. The first-order chi connectivity index (χ1) is 14.5. The lowest BCUT2D eigenvalue weighted by Crippen LogP contribution is -2.32. The third-order valence-electron chi connectivity index (χ3n) is 5.85. The number of rotatable bonds is 8. The van der Waals surface area contributed by atoms with Crippen molar-refractivity contribution in [1.82, 2.24) is 0 Å². The highest BCUT2D eigenvalue weighted by molar-refractivity contribution is 7.95. The van der Waals surface area contributed by atoms with E-state index in [9.17, 15) is 4.79 Å². The number of aryl methyl sites for hydroxylation is 3. The van der Waals surface area contributed by atoms with Crippen LogP contribution in [0.1, 0.15) is 49.3 Å². The molecule has 0 heterocycles. The Morgan fingerprint density at radius 2 is 1.10 bits per heavy atom. The van der Waals surface area contributed by atoms with E-state index in [1.807, 2.05) is 0 Å². The molecule has 0 atom stereocenters. The van der Waals surface area contributed by atoms with Crippen LogP contribution in [0.15, 0.2) is 72.8 Å². The van der Waals surface area contributed by atoms with Crippen LogP contribution in [0.25, 0.3) is 0 Å². The molecule has 0 amide bonds. The molecule has 2 heteroatoms. The predicted octanol–water partition coefficient (Wildman–Crippen LogP) is 5.86. The van der Waals surface area contributed by atoms with Crippen molar-refractivity contribution >= 4 is 34.4 Å². The van der Waals surface area contributed by atoms with Gasteiger partial charge in [0, 0.05) is 6.42 Å². The normalized spacial score (nSPS) is 11.3. The van der Waals surface area contributed by atoms with Gasteiger partial charge in [0.1, 0.15) is 0 Å². The topological polar surface area (TPSA) is 17.1 Å². The molecule has 3 aromatic carbocycles. The molecule has 0 fully saturated rings. The smallest absolute Gasteiger partial charge is 0.156 e. The van der Waals surface area contributed by atoms with Crippen molar-refractivity contribution in [3.05, 3.63) is 89.5 Å². The van der Waals surface area contributed by atoms with E-state index in [0.29, 0.717) is 6.42 Å². The highest BCUT2D eigenvalue weighted by Gasteiger charge is 2.30. The summed E-state index contributed by atoms with van der Waals surface area (Å²) in [5, 5.41) is 3.87. The van der Waals surface area contributed by atoms with Crippen molar-refractivity contribution in [2.24, 2.45) is 0 Å². The van der Waals surface area contributed by atoms with Gasteiger partial charge in [-0.15, -0.1) is 0 Å². The summed E-state index contributed by atoms with van der Waals surface area (Å²) in [5.41, 5.74) is 3.74. The van der Waals surface area contributed by atoms with Crippen molar-refractivity contribution in [3.8, 4) is 0 Å². The fourth-order valence-corrected chi connectivity index (χ4v) is 8.92. The standard InChI is InChI=1S/C28H33OP/c1-5-6-7-17-25(29)21-30(26-18-11-8-14-22(26)2,27-19-12-9-15-23(27)3)28-20-13-10-16-24(28)4/h8-16,18-21H,5-7,17H2,1-4H3. The lowest BCUT2D eigenvalue weighted by atomic mass is 10.2. The summed E-state index contributed by atoms with van der Waals surface area (Å²) in [5.74, 6) is 2.39. The molecule has 0 bridgehead atoms. The average molecular weight is 417 g/mol. The fraction of sp³-hybridized carbons (Fsp3) is 0.286. The van der Waals surface area contributed by atoms with E-state index in [2.05, 4.69) is 106 Å². The third-order valence-corrected chi connectivity index (χ3v) is 10.3. The molecule has 0 aliphatic rings. The Labute approximate surface area is 182 Å². The molecule has 0 radical (unpaired) electrons. The second-order valence-corrected chi connectivity index (χ2v) is 11.3. The van der Waals surface area contributed by atoms with E-state index in [4.69, 9.17) is 0 Å². The number of ketones is 1. The zero-order valence-corrected chi connectivity index (χ0v) is 19.6. The number of carbonyl (C=O) groups excluding carboxylic acids is 1. The van der Waals surface area contributed by atoms with E-state index in [0.717, 1.165) is 19.3 Å². The van der Waals surface area contributed by atoms with Crippen LogP contribution < -0.4 is 15.9 Å². The van der Waals surface area contributed by atoms with Crippen LogP contribution in [0.2, 0.25) is 0 Å². The minimum atomic E-state index is -2.25. The zero-order chi connectivity index (χ0) is 21.6. The highest BCUT2D eigenvalue weighted by Crippen LogP contribution is 2.46. The van der Waals surface area contributed by atoms with Crippen molar-refractivity contribution in [1.29, 1.82) is 0 Å². The van der Waals surface area contributed by atoms with Gasteiger partial charge in [0.15, 0.2) is 5.78 Å². The van der Waals surface area contributed by atoms with Crippen molar-refractivity contribution in [3.63, 3.8) is 0 Å². The summed E-state index contributed by atoms with van der Waals surface area (Å²) in [7, 11) is 0. The maximum Gasteiger partial charge on any atom is 0.156 e. The minimum Gasteiger partial charge on any atom is -0.295 e. The predicted molar refractivity (Wildman–Crippen MR) is 135 cm³/mol. The van der Waals surface area contributed by atoms with Crippen molar-refractivity contribution in [2.75, 3.05) is 0 Å². The number of carbonyl (C=O) groups is 1. The molecule has 0 aliphatic carbocycles. The van der Waals surface area contributed by atoms with Crippen LogP contribution in [0.4, 0.5) is 0 Å². The summed E-state index contributed by atoms with van der Waals surface area (Å²) >= 11 is 0. The lowest BCUT2D eigenvalue weighted by molar-refractivity contribution is -0.112. The molecule has 0 saturated heterocycles. The Balaban J connectivity index is 2.42. The Bertz CT molecular complexity index is 960. The monoisotopic (exact) mass is 416 g/mol. The Morgan fingerprint density at radius 3 is 1.47 bits per heavy atom. The van der Waals surface area contributed by atoms with Gasteiger partial charge in [-0.2, -0.15) is 0 Å². The van der Waals surface area contributed by atoms with Gasteiger partial charge in [0.25, 0.3) is 0 Å². The first-order valence-corrected chi connectivity index (χ1v) is 12.8. The quantitative estimate of drug-likeness (QED) is 0.332. The van der Waals surface area contributed by atoms with Gasteiger partial charge in [-0.1, -0.05) is 92.6 Å². The minimum absolute atomic E-state index is 0.270. The van der Waals surface area contributed by atoms with E-state index < -0.39 is 6.89 Å². The summed E-state index contributed by atoms with van der Waals surface area (Å²) in [6, 6.07) is 25.8. The second-order valence-electron chi connectivity index (χ2n) is 8.13. The Hall–Kier alpha value is -2.37. The van der Waals surface area contributed by atoms with Gasteiger partial charge >= 0.3 is 0 Å². The van der Waals surface area contributed by atoms with Crippen LogP contribution in [0.3, 0.4) is 0 Å². The number of hydrogen-bond donors (Lipinski definition) is 0. The largest absolute Gasteiger partial charge is 0.295 e. The zero-order valence-electron chi connectivity index (χ0n) is 18.7. The molecule has 156 valence electrons. The summed E-state index contributed by atoms with van der Waals surface area (Å²) in [6.07, 6.45) is 3.81. The maximum absolute atomic E-state index is 13.4. The van der Waals surface area contributed by atoms with Crippen molar-refractivity contribution in [2.45, 2.75) is 53.4 Å². The van der Waals surface area contributed by atoms with Gasteiger partial charge in [0.2, 0.25) is 0 Å². The van der Waals surface area contributed by atoms with Gasteiger partial charge in [-0.25, -0.2) is 0 Å². The molecule has 1 nitrogen and oxygen atoms in total. The molecule has 3 aromatic rings. The molecule has 0 N–H and O–H groups in total. The number of benzene rings is 3. The van der Waals surface area contributed by atoms with E-state index in [1.54, 1.807) is 0 Å². The van der Waals surface area contributed by atoms with Gasteiger partial charge < -0.3 is 0 Å². The van der Waals surface area contributed by atoms with Crippen LogP contribution in [-0.4, -0.2) is 11.6 Å². The number of Topliss-reactive ketones (excluding diaryl/α,β-unsaturated/α-hetero) is 1. The van der Waals surface area contributed by atoms with Crippen LogP contribution in [-0.2, 0) is 4.79 Å². The maximum atomic E-state index is 13.4.